The summed E-state index contributed by atoms with van der Waals surface area (Å²) in [6.07, 6.45) is 5.01. The highest BCUT2D eigenvalue weighted by atomic mass is 16.2. The van der Waals surface area contributed by atoms with Crippen molar-refractivity contribution in [1.29, 1.82) is 0 Å². The molecule has 0 saturated carbocycles. The van der Waals surface area contributed by atoms with Crippen molar-refractivity contribution in [3.63, 3.8) is 0 Å². The van der Waals surface area contributed by atoms with Gasteiger partial charge in [0.15, 0.2) is 11.2 Å². The zero-order valence-electron chi connectivity index (χ0n) is 14.5. The summed E-state index contributed by atoms with van der Waals surface area (Å²) in [4.78, 5) is 46.4. The second-order valence-corrected chi connectivity index (χ2v) is 5.86. The van der Waals surface area contributed by atoms with Crippen molar-refractivity contribution < 1.29 is 4.79 Å². The van der Waals surface area contributed by atoms with E-state index in [1.54, 1.807) is 42.7 Å². The first-order valence-electron chi connectivity index (χ1n) is 7.67. The number of nitrogens with zero attached hydrogens (tertiary/aromatic N) is 7. The minimum atomic E-state index is -0.437. The number of hydrogen-bond acceptors (Lipinski definition) is 5. The number of fused-ring (bicyclic) bond motifs is 1. The number of carbonyl (C=O) groups excluding carboxylic acids is 1. The highest BCUT2D eigenvalue weighted by Crippen LogP contribution is 2.11. The Kier molecular flexibility index (Phi) is 4.03. The Morgan fingerprint density at radius 3 is 2.52 bits per heavy atom. The van der Waals surface area contributed by atoms with Crippen LogP contribution in [-0.2, 0) is 32.5 Å². The van der Waals surface area contributed by atoms with E-state index in [0.717, 1.165) is 4.57 Å². The summed E-state index contributed by atoms with van der Waals surface area (Å²) in [6, 6.07) is 0. The SMILES string of the molecule is CN(C(=O)CCn1cnc2c1c(=O)n(C)c(=O)n2C)c1nccn1C. The third-order valence-electron chi connectivity index (χ3n) is 4.25. The number of amides is 1. The summed E-state index contributed by atoms with van der Waals surface area (Å²) in [5.41, 5.74) is -0.260. The van der Waals surface area contributed by atoms with Gasteiger partial charge in [-0.05, 0) is 0 Å². The highest BCUT2D eigenvalue weighted by Gasteiger charge is 2.17. The lowest BCUT2D eigenvalue weighted by Gasteiger charge is -2.16. The fourth-order valence-corrected chi connectivity index (χ4v) is 2.74. The van der Waals surface area contributed by atoms with Crippen molar-refractivity contribution in [3.8, 4) is 0 Å². The fourth-order valence-electron chi connectivity index (χ4n) is 2.74. The lowest BCUT2D eigenvalue weighted by Crippen LogP contribution is -2.37. The maximum absolute atomic E-state index is 12.4. The van der Waals surface area contributed by atoms with Crippen LogP contribution in [0.3, 0.4) is 0 Å². The zero-order valence-corrected chi connectivity index (χ0v) is 14.5. The van der Waals surface area contributed by atoms with E-state index in [9.17, 15) is 14.4 Å². The summed E-state index contributed by atoms with van der Waals surface area (Å²) < 4.78 is 5.69. The van der Waals surface area contributed by atoms with Crippen LogP contribution in [0, 0.1) is 0 Å². The van der Waals surface area contributed by atoms with E-state index in [2.05, 4.69) is 9.97 Å². The lowest BCUT2D eigenvalue weighted by atomic mass is 10.3. The smallest absolute Gasteiger partial charge is 0.324 e. The van der Waals surface area contributed by atoms with Crippen molar-refractivity contribution in [1.82, 2.24) is 28.2 Å². The Morgan fingerprint density at radius 1 is 1.16 bits per heavy atom. The molecule has 3 aromatic rings. The number of aromatic nitrogens is 6. The monoisotopic (exact) mass is 345 g/mol. The molecule has 3 heterocycles. The van der Waals surface area contributed by atoms with Gasteiger partial charge in [-0.15, -0.1) is 0 Å². The molecule has 10 heteroatoms. The third kappa shape index (κ3) is 2.65. The number of carbonyl (C=O) groups is 1. The second-order valence-electron chi connectivity index (χ2n) is 5.86. The first-order chi connectivity index (χ1) is 11.8. The normalized spacial score (nSPS) is 11.2. The number of hydrogen-bond donors (Lipinski definition) is 0. The minimum absolute atomic E-state index is 0.141. The Balaban J connectivity index is 1.87. The number of imidazole rings is 2. The molecule has 0 atom stereocenters. The molecule has 0 bridgehead atoms. The topological polar surface area (TPSA) is 99.9 Å². The Hall–Kier alpha value is -3.17. The van der Waals surface area contributed by atoms with E-state index < -0.39 is 11.2 Å². The predicted molar refractivity (Wildman–Crippen MR) is 91.5 cm³/mol. The third-order valence-corrected chi connectivity index (χ3v) is 4.25. The van der Waals surface area contributed by atoms with Crippen molar-refractivity contribution in [2.45, 2.75) is 13.0 Å². The molecule has 3 aromatic heterocycles. The average molecular weight is 345 g/mol. The molecule has 132 valence electrons. The van der Waals surface area contributed by atoms with Crippen molar-refractivity contribution >= 4 is 23.0 Å². The van der Waals surface area contributed by atoms with Gasteiger partial charge in [0.2, 0.25) is 11.9 Å². The van der Waals surface area contributed by atoms with Crippen LogP contribution in [0.15, 0.2) is 28.3 Å². The summed E-state index contributed by atoms with van der Waals surface area (Å²) in [6.45, 7) is 0.275. The van der Waals surface area contributed by atoms with Crippen molar-refractivity contribution in [3.05, 3.63) is 39.6 Å². The number of aryl methyl sites for hydroxylation is 3. The van der Waals surface area contributed by atoms with Crippen molar-refractivity contribution in [2.75, 3.05) is 11.9 Å². The minimum Gasteiger partial charge on any atom is -0.324 e. The molecule has 25 heavy (non-hydrogen) atoms. The summed E-state index contributed by atoms with van der Waals surface area (Å²) in [5.74, 6) is 0.400. The molecule has 0 aromatic carbocycles. The summed E-state index contributed by atoms with van der Waals surface area (Å²) >= 11 is 0. The summed E-state index contributed by atoms with van der Waals surface area (Å²) in [5, 5.41) is 0. The number of anilines is 1. The molecular weight excluding hydrogens is 326 g/mol. The molecule has 0 aliphatic carbocycles. The van der Waals surface area contributed by atoms with Gasteiger partial charge in [0.1, 0.15) is 0 Å². The van der Waals surface area contributed by atoms with Gasteiger partial charge in [-0.1, -0.05) is 0 Å². The second kappa shape index (κ2) is 6.04. The largest absolute Gasteiger partial charge is 0.332 e. The average Bonchev–Trinajstić information content (AvgIpc) is 3.21. The first-order valence-corrected chi connectivity index (χ1v) is 7.67. The highest BCUT2D eigenvalue weighted by molar-refractivity contribution is 5.91. The van der Waals surface area contributed by atoms with E-state index in [1.807, 2.05) is 0 Å². The fraction of sp³-hybridized carbons (Fsp3) is 0.400. The Morgan fingerprint density at radius 2 is 1.88 bits per heavy atom. The molecule has 3 rings (SSSR count). The molecular formula is C15H19N7O3. The standard InChI is InChI=1S/C15H19N7O3/c1-18-8-6-16-14(18)19(2)10(23)5-7-22-9-17-12-11(22)13(24)21(4)15(25)20(12)3/h6,8-9H,5,7H2,1-4H3. The van der Waals surface area contributed by atoms with Crippen LogP contribution >= 0.6 is 0 Å². The molecule has 0 fully saturated rings. The van der Waals surface area contributed by atoms with E-state index in [-0.39, 0.29) is 18.9 Å². The molecule has 0 radical (unpaired) electrons. The number of rotatable bonds is 4. The molecule has 0 spiro atoms. The Bertz CT molecular complexity index is 1070. The van der Waals surface area contributed by atoms with Crippen LogP contribution in [0.1, 0.15) is 6.42 Å². The molecule has 10 nitrogen and oxygen atoms in total. The van der Waals surface area contributed by atoms with Crippen LogP contribution in [0.5, 0.6) is 0 Å². The van der Waals surface area contributed by atoms with Crippen LogP contribution in [-0.4, -0.2) is 41.2 Å². The van der Waals surface area contributed by atoms with Gasteiger partial charge in [0.25, 0.3) is 5.56 Å². The Labute approximate surface area is 142 Å². The quantitative estimate of drug-likeness (QED) is 0.618. The molecule has 0 unspecified atom stereocenters. The maximum Gasteiger partial charge on any atom is 0.332 e. The van der Waals surface area contributed by atoms with Crippen LogP contribution < -0.4 is 16.1 Å². The molecule has 0 aliphatic heterocycles. The lowest BCUT2D eigenvalue weighted by molar-refractivity contribution is -0.118. The predicted octanol–water partition coefficient (Wildman–Crippen LogP) is -0.780. The van der Waals surface area contributed by atoms with E-state index in [1.165, 1.54) is 22.8 Å². The van der Waals surface area contributed by atoms with Crippen molar-refractivity contribution in [2.24, 2.45) is 21.1 Å². The van der Waals surface area contributed by atoms with Crippen LogP contribution in [0.25, 0.3) is 11.2 Å². The van der Waals surface area contributed by atoms with Gasteiger partial charge in [-0.25, -0.2) is 14.8 Å². The molecule has 0 saturated heterocycles. The van der Waals surface area contributed by atoms with Gasteiger partial charge in [0.05, 0.1) is 6.33 Å². The first kappa shape index (κ1) is 16.7. The van der Waals surface area contributed by atoms with Crippen LogP contribution in [0.4, 0.5) is 5.95 Å². The van der Waals surface area contributed by atoms with E-state index >= 15 is 0 Å². The van der Waals surface area contributed by atoms with Gasteiger partial charge in [-0.3, -0.25) is 23.6 Å². The zero-order chi connectivity index (χ0) is 18.3. The van der Waals surface area contributed by atoms with E-state index in [4.69, 9.17) is 0 Å². The summed E-state index contributed by atoms with van der Waals surface area (Å²) in [7, 11) is 6.43. The van der Waals surface area contributed by atoms with Gasteiger partial charge >= 0.3 is 5.69 Å². The maximum atomic E-state index is 12.4. The molecule has 1 amide bonds. The van der Waals surface area contributed by atoms with Gasteiger partial charge in [0, 0.05) is 53.5 Å². The molecule has 0 N–H and O–H groups in total. The molecule has 0 aliphatic rings. The van der Waals surface area contributed by atoms with Gasteiger partial charge < -0.3 is 9.13 Å². The van der Waals surface area contributed by atoms with Gasteiger partial charge in [-0.2, -0.15) is 0 Å². The van der Waals surface area contributed by atoms with Crippen LogP contribution in [0.2, 0.25) is 0 Å². The van der Waals surface area contributed by atoms with E-state index in [0.29, 0.717) is 17.1 Å².